The number of rotatable bonds is 7. The fourth-order valence-electron chi connectivity index (χ4n) is 2.89. The van der Waals surface area contributed by atoms with E-state index in [0.717, 1.165) is 24.6 Å². The molecule has 0 N–H and O–H groups in total. The van der Waals surface area contributed by atoms with Crippen LogP contribution in [0.2, 0.25) is 0 Å². The molecule has 1 aromatic carbocycles. The predicted molar refractivity (Wildman–Crippen MR) is 99.2 cm³/mol. The number of amides is 1. The van der Waals surface area contributed by atoms with E-state index in [1.165, 1.54) is 33.5 Å². The molecule has 10 heteroatoms. The van der Waals surface area contributed by atoms with Crippen molar-refractivity contribution in [1.29, 1.82) is 0 Å². The van der Waals surface area contributed by atoms with Gasteiger partial charge in [-0.05, 0) is 37.1 Å². The quantitative estimate of drug-likeness (QED) is 0.492. The van der Waals surface area contributed by atoms with Gasteiger partial charge in [0.1, 0.15) is 6.54 Å². The Labute approximate surface area is 161 Å². The number of nitrogens with zero attached hydrogens (tertiary/aromatic N) is 2. The molecular weight excluding hydrogens is 392 g/mol. The molecule has 0 saturated carbocycles. The second kappa shape index (κ2) is 8.41. The van der Waals surface area contributed by atoms with Crippen molar-refractivity contribution in [2.45, 2.75) is 17.7 Å². The summed E-state index contributed by atoms with van der Waals surface area (Å²) in [6.45, 7) is 0.881. The van der Waals surface area contributed by atoms with E-state index in [0.29, 0.717) is 25.4 Å². The lowest BCUT2D eigenvalue weighted by Crippen LogP contribution is -2.31. The molecule has 0 radical (unpaired) electrons. The molecule has 2 aliphatic rings. The monoisotopic (exact) mass is 412 g/mol. The Balaban J connectivity index is 1.54. The lowest BCUT2D eigenvalue weighted by Gasteiger charge is -2.15. The van der Waals surface area contributed by atoms with Crippen molar-refractivity contribution in [2.24, 2.45) is 0 Å². The van der Waals surface area contributed by atoms with Gasteiger partial charge < -0.3 is 9.64 Å². The summed E-state index contributed by atoms with van der Waals surface area (Å²) in [6.07, 6.45) is 1.70. The number of benzene rings is 1. The summed E-state index contributed by atoms with van der Waals surface area (Å²) in [5.74, 6) is -0.444. The largest absolute Gasteiger partial charge is 0.456 e. The van der Waals surface area contributed by atoms with E-state index in [1.54, 1.807) is 0 Å². The highest BCUT2D eigenvalue weighted by Gasteiger charge is 2.27. The molecular formula is C17H20N2O6S2. The van der Waals surface area contributed by atoms with Gasteiger partial charge in [-0.15, -0.1) is 0 Å². The van der Waals surface area contributed by atoms with Gasteiger partial charge in [-0.25, -0.2) is 8.42 Å². The molecule has 2 aliphatic heterocycles. The first-order valence-corrected chi connectivity index (χ1v) is 11.0. The molecule has 146 valence electrons. The fraction of sp³-hybridized carbons (Fsp3) is 0.471. The first-order valence-electron chi connectivity index (χ1n) is 8.58. The first kappa shape index (κ1) is 19.8. The van der Waals surface area contributed by atoms with E-state index in [1.807, 2.05) is 0 Å². The maximum atomic E-state index is 12.5. The molecule has 2 fully saturated rings. The minimum atomic E-state index is -3.53. The van der Waals surface area contributed by atoms with Crippen molar-refractivity contribution in [3.05, 3.63) is 29.8 Å². The Morgan fingerprint density at radius 3 is 2.33 bits per heavy atom. The summed E-state index contributed by atoms with van der Waals surface area (Å²) in [6, 6.07) is 5.62. The van der Waals surface area contributed by atoms with Crippen molar-refractivity contribution in [1.82, 2.24) is 9.21 Å². The van der Waals surface area contributed by atoms with Crippen LogP contribution in [0.3, 0.4) is 0 Å². The van der Waals surface area contributed by atoms with Crippen LogP contribution < -0.4 is 0 Å². The molecule has 27 heavy (non-hydrogen) atoms. The standard InChI is InChI=1S/C17H20N2O6S2/c20-15(12-25-16(21)11-18-9-10-26-17(18)22)13-3-5-14(6-4-13)27(23,24)19-7-1-2-8-19/h3-6H,1-2,7-12H2. The van der Waals surface area contributed by atoms with E-state index >= 15 is 0 Å². The van der Waals surface area contributed by atoms with E-state index in [4.69, 9.17) is 4.74 Å². The highest BCUT2D eigenvalue weighted by molar-refractivity contribution is 8.13. The minimum Gasteiger partial charge on any atom is -0.456 e. The maximum Gasteiger partial charge on any atom is 0.326 e. The third-order valence-corrected chi connectivity index (χ3v) is 7.21. The summed E-state index contributed by atoms with van der Waals surface area (Å²) < 4.78 is 31.3. The Bertz CT molecular complexity index is 831. The zero-order valence-electron chi connectivity index (χ0n) is 14.6. The summed E-state index contributed by atoms with van der Waals surface area (Å²) in [5.41, 5.74) is 0.260. The molecule has 8 nitrogen and oxygen atoms in total. The van der Waals surface area contributed by atoms with Crippen molar-refractivity contribution in [3.63, 3.8) is 0 Å². The van der Waals surface area contributed by atoms with Crippen molar-refractivity contribution >= 4 is 38.8 Å². The van der Waals surface area contributed by atoms with Crippen LogP contribution in [-0.4, -0.2) is 73.2 Å². The molecule has 2 saturated heterocycles. The molecule has 0 unspecified atom stereocenters. The molecule has 2 heterocycles. The van der Waals surface area contributed by atoms with Crippen LogP contribution in [0.5, 0.6) is 0 Å². The summed E-state index contributed by atoms with van der Waals surface area (Å²) >= 11 is 1.14. The smallest absolute Gasteiger partial charge is 0.326 e. The van der Waals surface area contributed by atoms with Crippen LogP contribution in [0.15, 0.2) is 29.2 Å². The molecule has 0 atom stereocenters. The number of carbonyl (C=O) groups excluding carboxylic acids is 3. The van der Waals surface area contributed by atoms with Crippen LogP contribution in [-0.2, 0) is 19.6 Å². The number of hydrogen-bond acceptors (Lipinski definition) is 7. The van der Waals surface area contributed by atoms with Gasteiger partial charge in [0.2, 0.25) is 10.0 Å². The molecule has 1 amide bonds. The molecule has 0 spiro atoms. The van der Waals surface area contributed by atoms with E-state index in [-0.39, 0.29) is 22.2 Å². The SMILES string of the molecule is O=C(CN1CCSC1=O)OCC(=O)c1ccc(S(=O)(=O)N2CCCC2)cc1. The van der Waals surface area contributed by atoms with Gasteiger partial charge in [-0.3, -0.25) is 14.4 Å². The van der Waals surface area contributed by atoms with E-state index < -0.39 is 28.4 Å². The van der Waals surface area contributed by atoms with E-state index in [9.17, 15) is 22.8 Å². The predicted octanol–water partition coefficient (Wildman–Crippen LogP) is 1.37. The van der Waals surface area contributed by atoms with Crippen LogP contribution in [0, 0.1) is 0 Å². The van der Waals surface area contributed by atoms with Crippen LogP contribution >= 0.6 is 11.8 Å². The third-order valence-electron chi connectivity index (χ3n) is 4.41. The second-order valence-electron chi connectivity index (χ2n) is 6.26. The normalized spacial score (nSPS) is 18.1. The lowest BCUT2D eigenvalue weighted by atomic mass is 10.1. The van der Waals surface area contributed by atoms with Gasteiger partial charge in [0.05, 0.1) is 4.90 Å². The van der Waals surface area contributed by atoms with Crippen LogP contribution in [0.4, 0.5) is 4.79 Å². The molecule has 0 aliphatic carbocycles. The highest BCUT2D eigenvalue weighted by Crippen LogP contribution is 2.21. The van der Waals surface area contributed by atoms with E-state index in [2.05, 4.69) is 0 Å². The molecule has 0 aromatic heterocycles. The number of Topliss-reactive ketones (excluding diaryl/α,β-unsaturated/α-hetero) is 1. The molecule has 1 aromatic rings. The summed E-state index contributed by atoms with van der Waals surface area (Å²) in [5, 5.41) is -0.173. The van der Waals surface area contributed by atoms with Gasteiger partial charge >= 0.3 is 5.97 Å². The van der Waals surface area contributed by atoms with Gasteiger partial charge in [0.15, 0.2) is 12.4 Å². The van der Waals surface area contributed by atoms with Gasteiger partial charge in [-0.1, -0.05) is 11.8 Å². The van der Waals surface area contributed by atoms with Crippen LogP contribution in [0.25, 0.3) is 0 Å². The van der Waals surface area contributed by atoms with Crippen molar-refractivity contribution in [2.75, 3.05) is 38.5 Å². The van der Waals surface area contributed by atoms with Crippen LogP contribution in [0.1, 0.15) is 23.2 Å². The summed E-state index contributed by atoms with van der Waals surface area (Å²) in [4.78, 5) is 36.8. The average molecular weight is 412 g/mol. The Morgan fingerprint density at radius 1 is 1.07 bits per heavy atom. The minimum absolute atomic E-state index is 0.142. The zero-order chi connectivity index (χ0) is 19.4. The number of esters is 1. The van der Waals surface area contributed by atoms with Crippen molar-refractivity contribution < 1.29 is 27.5 Å². The average Bonchev–Trinajstić information content (AvgIpc) is 3.33. The maximum absolute atomic E-state index is 12.5. The second-order valence-corrected chi connectivity index (χ2v) is 9.24. The van der Waals surface area contributed by atoms with Crippen molar-refractivity contribution in [3.8, 4) is 0 Å². The van der Waals surface area contributed by atoms with Gasteiger partial charge in [0.25, 0.3) is 5.24 Å². The first-order chi connectivity index (χ1) is 12.9. The fourth-order valence-corrected chi connectivity index (χ4v) is 5.23. The van der Waals surface area contributed by atoms with Gasteiger partial charge in [-0.2, -0.15) is 4.31 Å². The number of hydrogen-bond donors (Lipinski definition) is 0. The third kappa shape index (κ3) is 4.69. The number of sulfonamides is 1. The van der Waals surface area contributed by atoms with Gasteiger partial charge in [0, 0.05) is 31.0 Å². The number of thioether (sulfide) groups is 1. The number of carbonyl (C=O) groups is 3. The highest BCUT2D eigenvalue weighted by atomic mass is 32.2. The summed E-state index contributed by atoms with van der Waals surface area (Å²) in [7, 11) is -3.53. The topological polar surface area (TPSA) is 101 Å². The number of ether oxygens (including phenoxy) is 1. The Kier molecular flexibility index (Phi) is 6.18. The Hall–Kier alpha value is -1.91. The number of ketones is 1. The lowest BCUT2D eigenvalue weighted by molar-refractivity contribution is -0.142. The Morgan fingerprint density at radius 2 is 1.74 bits per heavy atom. The molecule has 3 rings (SSSR count). The molecule has 0 bridgehead atoms. The zero-order valence-corrected chi connectivity index (χ0v) is 16.3.